The van der Waals surface area contributed by atoms with Crippen LogP contribution in [0.3, 0.4) is 0 Å². The third-order valence-corrected chi connectivity index (χ3v) is 5.22. The maximum absolute atomic E-state index is 10.9. The topological polar surface area (TPSA) is 20.2 Å². The first-order chi connectivity index (χ1) is 7.03. The molecule has 0 radical (unpaired) electrons. The smallest absolute Gasteiger partial charge is 0.0680 e. The molecule has 2 fully saturated rings. The Morgan fingerprint density at radius 2 is 1.27 bits per heavy atom. The minimum absolute atomic E-state index is 0.397. The van der Waals surface area contributed by atoms with Gasteiger partial charge >= 0.3 is 0 Å². The molecule has 2 rings (SSSR count). The number of hydrogen-bond acceptors (Lipinski definition) is 1. The Kier molecular flexibility index (Phi) is 3.12. The minimum Gasteiger partial charge on any atom is -0.390 e. The molecule has 4 atom stereocenters. The Morgan fingerprint density at radius 1 is 0.867 bits per heavy atom. The van der Waals surface area contributed by atoms with E-state index >= 15 is 0 Å². The largest absolute Gasteiger partial charge is 0.390 e. The Hall–Kier alpha value is -0.0400. The summed E-state index contributed by atoms with van der Waals surface area (Å²) in [6, 6.07) is 0. The van der Waals surface area contributed by atoms with Crippen LogP contribution in [0.1, 0.15) is 59.3 Å². The van der Waals surface area contributed by atoms with Gasteiger partial charge < -0.3 is 5.11 Å². The summed E-state index contributed by atoms with van der Waals surface area (Å²) >= 11 is 0. The average molecular weight is 210 g/mol. The summed E-state index contributed by atoms with van der Waals surface area (Å²) in [6.45, 7) is 6.77. The van der Waals surface area contributed by atoms with E-state index in [-0.39, 0.29) is 0 Å². The molecule has 0 heterocycles. The van der Waals surface area contributed by atoms with Crippen molar-refractivity contribution in [3.63, 3.8) is 0 Å². The molecule has 4 unspecified atom stereocenters. The van der Waals surface area contributed by atoms with Crippen LogP contribution >= 0.6 is 0 Å². The van der Waals surface area contributed by atoms with Gasteiger partial charge in [-0.15, -0.1) is 0 Å². The maximum atomic E-state index is 10.9. The zero-order valence-electron chi connectivity index (χ0n) is 10.5. The van der Waals surface area contributed by atoms with Gasteiger partial charge in [-0.3, -0.25) is 0 Å². The van der Waals surface area contributed by atoms with Gasteiger partial charge in [0.1, 0.15) is 0 Å². The van der Waals surface area contributed by atoms with E-state index in [9.17, 15) is 5.11 Å². The maximum Gasteiger partial charge on any atom is 0.0680 e. The van der Waals surface area contributed by atoms with Gasteiger partial charge in [0.15, 0.2) is 0 Å². The van der Waals surface area contributed by atoms with E-state index < -0.39 is 5.60 Å². The van der Waals surface area contributed by atoms with Crippen LogP contribution in [-0.2, 0) is 0 Å². The van der Waals surface area contributed by atoms with Crippen molar-refractivity contribution in [1.82, 2.24) is 0 Å². The first kappa shape index (κ1) is 11.4. The van der Waals surface area contributed by atoms with Crippen molar-refractivity contribution < 1.29 is 5.11 Å². The van der Waals surface area contributed by atoms with Crippen molar-refractivity contribution in [2.75, 3.05) is 0 Å². The molecule has 88 valence electrons. The minimum atomic E-state index is -0.397. The highest BCUT2D eigenvalue weighted by Crippen LogP contribution is 2.48. The molecule has 0 spiro atoms. The first-order valence-electron chi connectivity index (χ1n) is 6.76. The predicted molar refractivity (Wildman–Crippen MR) is 63.6 cm³/mol. The highest BCUT2D eigenvalue weighted by Gasteiger charge is 2.46. The Balaban J connectivity index is 2.10. The van der Waals surface area contributed by atoms with E-state index in [4.69, 9.17) is 0 Å². The summed E-state index contributed by atoms with van der Waals surface area (Å²) in [4.78, 5) is 0. The normalized spacial score (nSPS) is 45.6. The van der Waals surface area contributed by atoms with E-state index in [2.05, 4.69) is 20.8 Å². The van der Waals surface area contributed by atoms with Crippen LogP contribution in [0.15, 0.2) is 0 Å². The van der Waals surface area contributed by atoms with Crippen molar-refractivity contribution in [2.45, 2.75) is 64.9 Å². The Bertz CT molecular complexity index is 199. The number of rotatable bonds is 2. The molecule has 1 nitrogen and oxygen atoms in total. The van der Waals surface area contributed by atoms with Crippen LogP contribution in [0.4, 0.5) is 0 Å². The molecule has 0 saturated heterocycles. The average Bonchev–Trinajstić information content (AvgIpc) is 2.73. The van der Waals surface area contributed by atoms with Crippen molar-refractivity contribution in [2.24, 2.45) is 23.7 Å². The third kappa shape index (κ3) is 1.95. The number of aliphatic hydroxyl groups is 1. The third-order valence-electron chi connectivity index (χ3n) is 5.22. The van der Waals surface area contributed by atoms with Crippen LogP contribution in [0.5, 0.6) is 0 Å². The lowest BCUT2D eigenvalue weighted by atomic mass is 9.71. The second-order valence-electron chi connectivity index (χ2n) is 6.26. The Morgan fingerprint density at radius 3 is 1.53 bits per heavy atom. The molecular weight excluding hydrogens is 184 g/mol. The van der Waals surface area contributed by atoms with Crippen molar-refractivity contribution in [3.8, 4) is 0 Å². The fourth-order valence-electron chi connectivity index (χ4n) is 4.30. The molecular formula is C14H26O. The van der Waals surface area contributed by atoms with Gasteiger partial charge in [0.05, 0.1) is 5.60 Å². The fourth-order valence-corrected chi connectivity index (χ4v) is 4.30. The van der Waals surface area contributed by atoms with E-state index in [0.717, 1.165) is 11.8 Å². The van der Waals surface area contributed by atoms with Gasteiger partial charge in [-0.2, -0.15) is 0 Å². The van der Waals surface area contributed by atoms with Gasteiger partial charge in [-0.05, 0) is 43.4 Å². The standard InChI is InChI=1S/C14H26O/c1-10-6-4-8-12(10)14(3,15)13-9-5-7-11(13)2/h10-13,15H,4-9H2,1-3H3. The van der Waals surface area contributed by atoms with Crippen LogP contribution in [0, 0.1) is 23.7 Å². The fraction of sp³-hybridized carbons (Fsp3) is 1.00. The van der Waals surface area contributed by atoms with E-state index in [1.165, 1.54) is 38.5 Å². The quantitative estimate of drug-likeness (QED) is 0.738. The second-order valence-corrected chi connectivity index (χ2v) is 6.26. The second kappa shape index (κ2) is 4.08. The van der Waals surface area contributed by atoms with Crippen molar-refractivity contribution in [1.29, 1.82) is 0 Å². The highest BCUT2D eigenvalue weighted by molar-refractivity contribution is 4.97. The summed E-state index contributed by atoms with van der Waals surface area (Å²) in [5.74, 6) is 2.58. The predicted octanol–water partition coefficient (Wildman–Crippen LogP) is 3.61. The van der Waals surface area contributed by atoms with Gasteiger partial charge in [0, 0.05) is 0 Å². The molecule has 1 N–H and O–H groups in total. The number of hydrogen-bond donors (Lipinski definition) is 1. The van der Waals surface area contributed by atoms with Gasteiger partial charge in [0.2, 0.25) is 0 Å². The molecule has 15 heavy (non-hydrogen) atoms. The molecule has 0 aromatic heterocycles. The molecule has 2 aliphatic carbocycles. The molecule has 0 aromatic carbocycles. The van der Waals surface area contributed by atoms with Crippen LogP contribution in [-0.4, -0.2) is 10.7 Å². The lowest BCUT2D eigenvalue weighted by Crippen LogP contribution is -2.44. The lowest BCUT2D eigenvalue weighted by Gasteiger charge is -2.40. The van der Waals surface area contributed by atoms with Gasteiger partial charge in [-0.25, -0.2) is 0 Å². The summed E-state index contributed by atoms with van der Waals surface area (Å²) in [7, 11) is 0. The summed E-state index contributed by atoms with van der Waals surface area (Å²) in [5, 5.41) is 10.9. The molecule has 0 aliphatic heterocycles. The van der Waals surface area contributed by atoms with E-state index in [1.54, 1.807) is 0 Å². The van der Waals surface area contributed by atoms with Gasteiger partial charge in [-0.1, -0.05) is 39.5 Å². The molecule has 1 heteroatoms. The zero-order valence-corrected chi connectivity index (χ0v) is 10.5. The van der Waals surface area contributed by atoms with Gasteiger partial charge in [0.25, 0.3) is 0 Å². The highest BCUT2D eigenvalue weighted by atomic mass is 16.3. The summed E-state index contributed by atoms with van der Waals surface area (Å²) < 4.78 is 0. The van der Waals surface area contributed by atoms with Crippen LogP contribution in [0.25, 0.3) is 0 Å². The molecule has 0 amide bonds. The van der Waals surface area contributed by atoms with Crippen LogP contribution in [0.2, 0.25) is 0 Å². The summed E-state index contributed by atoms with van der Waals surface area (Å²) in [5.41, 5.74) is -0.397. The lowest BCUT2D eigenvalue weighted by molar-refractivity contribution is -0.0747. The molecule has 0 aromatic rings. The van der Waals surface area contributed by atoms with Crippen molar-refractivity contribution in [3.05, 3.63) is 0 Å². The zero-order chi connectivity index (χ0) is 11.1. The SMILES string of the molecule is CC1CCCC1C(C)(O)C1CCCC1C. The van der Waals surface area contributed by atoms with Crippen molar-refractivity contribution >= 4 is 0 Å². The summed E-state index contributed by atoms with van der Waals surface area (Å²) in [6.07, 6.45) is 7.78. The molecule has 0 bridgehead atoms. The first-order valence-corrected chi connectivity index (χ1v) is 6.76. The Labute approximate surface area is 94.3 Å². The molecule has 2 aliphatic rings. The van der Waals surface area contributed by atoms with Crippen LogP contribution < -0.4 is 0 Å². The monoisotopic (exact) mass is 210 g/mol. The molecule has 2 saturated carbocycles. The van der Waals surface area contributed by atoms with E-state index in [0.29, 0.717) is 11.8 Å². The van der Waals surface area contributed by atoms with E-state index in [1.807, 2.05) is 0 Å².